The highest BCUT2D eigenvalue weighted by molar-refractivity contribution is 14.1. The van der Waals surface area contributed by atoms with Crippen LogP contribution in [0.25, 0.3) is 10.1 Å². The number of rotatable bonds is 1. The minimum absolute atomic E-state index is 0.864. The molecule has 2 N–H and O–H groups in total. The van der Waals surface area contributed by atoms with E-state index in [1.807, 2.05) is 6.07 Å². The molecule has 4 heteroatoms. The average Bonchev–Trinajstić information content (AvgIpc) is 2.60. The number of fused-ring (bicyclic) bond motifs is 1. The van der Waals surface area contributed by atoms with E-state index in [0.29, 0.717) is 0 Å². The molecule has 68 valence electrons. The van der Waals surface area contributed by atoms with Gasteiger partial charge in [0, 0.05) is 24.7 Å². The third-order valence-electron chi connectivity index (χ3n) is 1.93. The lowest BCUT2D eigenvalue weighted by molar-refractivity contribution is 1.44. The van der Waals surface area contributed by atoms with Crippen molar-refractivity contribution in [2.45, 2.75) is 5.33 Å². The molecule has 0 bridgehead atoms. The highest BCUT2D eigenvalue weighted by Gasteiger charge is 2.08. The lowest BCUT2D eigenvalue weighted by Crippen LogP contribution is -1.91. The lowest BCUT2D eigenvalue weighted by atomic mass is 10.1. The minimum Gasteiger partial charge on any atom is -0.398 e. The fraction of sp³-hybridized carbons (Fsp3) is 0.111. The third kappa shape index (κ3) is 1.59. The summed E-state index contributed by atoms with van der Waals surface area (Å²) in [6, 6.07) is 4.13. The summed E-state index contributed by atoms with van der Waals surface area (Å²) < 4.78 is 2.61. The molecule has 2 aromatic rings. The van der Waals surface area contributed by atoms with Crippen molar-refractivity contribution in [1.82, 2.24) is 0 Å². The van der Waals surface area contributed by atoms with Gasteiger partial charge in [-0.25, -0.2) is 0 Å². The van der Waals surface area contributed by atoms with E-state index in [0.717, 1.165) is 11.0 Å². The van der Waals surface area contributed by atoms with Gasteiger partial charge in [0.25, 0.3) is 0 Å². The van der Waals surface area contributed by atoms with Crippen molar-refractivity contribution < 1.29 is 0 Å². The molecule has 1 nitrogen and oxygen atoms in total. The van der Waals surface area contributed by atoms with E-state index >= 15 is 0 Å². The molecule has 1 aromatic heterocycles. The molecule has 0 aliphatic carbocycles. The Hall–Kier alpha value is 0.190. The first-order chi connectivity index (χ1) is 6.24. The van der Waals surface area contributed by atoms with E-state index in [1.54, 1.807) is 11.3 Å². The zero-order chi connectivity index (χ0) is 9.42. The predicted octanol–water partition coefficient (Wildman–Crippen LogP) is 3.98. The first-order valence-corrected chi connectivity index (χ1v) is 6.82. The summed E-state index contributed by atoms with van der Waals surface area (Å²) in [7, 11) is 0. The number of anilines is 1. The summed E-state index contributed by atoms with van der Waals surface area (Å²) in [4.78, 5) is 0. The third-order valence-corrected chi connectivity index (χ3v) is 5.07. The highest BCUT2D eigenvalue weighted by atomic mass is 127. The van der Waals surface area contributed by atoms with Gasteiger partial charge in [-0.3, -0.25) is 0 Å². The molecule has 0 amide bonds. The van der Waals surface area contributed by atoms with Crippen LogP contribution in [0, 0.1) is 3.57 Å². The van der Waals surface area contributed by atoms with Crippen LogP contribution in [0.5, 0.6) is 0 Å². The zero-order valence-corrected chi connectivity index (χ0v) is 11.2. The molecule has 0 saturated heterocycles. The van der Waals surface area contributed by atoms with Crippen LogP contribution in [-0.2, 0) is 5.33 Å². The van der Waals surface area contributed by atoms with Gasteiger partial charge in [-0.1, -0.05) is 15.9 Å². The summed E-state index contributed by atoms with van der Waals surface area (Å²) in [5.74, 6) is 0. The van der Waals surface area contributed by atoms with Gasteiger partial charge in [0.05, 0.1) is 0 Å². The van der Waals surface area contributed by atoms with Crippen molar-refractivity contribution >= 4 is 65.6 Å². The van der Waals surface area contributed by atoms with Gasteiger partial charge in [0.15, 0.2) is 0 Å². The molecule has 0 aliphatic heterocycles. The summed E-state index contributed by atoms with van der Waals surface area (Å²) >= 11 is 7.59. The van der Waals surface area contributed by atoms with Gasteiger partial charge in [-0.15, -0.1) is 11.3 Å². The standard InChI is InChI=1S/C9H7BrINS/c10-4-5-3-7(12)6-1-2-13-9(6)8(5)11/h1-3H,4,12H2. The molecule has 13 heavy (non-hydrogen) atoms. The number of nitrogen functional groups attached to an aromatic ring is 1. The van der Waals surface area contributed by atoms with Crippen LogP contribution in [0.2, 0.25) is 0 Å². The van der Waals surface area contributed by atoms with Crippen LogP contribution in [0.15, 0.2) is 17.5 Å². The van der Waals surface area contributed by atoms with Gasteiger partial charge < -0.3 is 5.73 Å². The quantitative estimate of drug-likeness (QED) is 0.460. The summed E-state index contributed by atoms with van der Waals surface area (Å²) in [6.07, 6.45) is 0. The van der Waals surface area contributed by atoms with Crippen LogP contribution >= 0.6 is 49.9 Å². The van der Waals surface area contributed by atoms with Crippen molar-refractivity contribution in [3.8, 4) is 0 Å². The van der Waals surface area contributed by atoms with Gasteiger partial charge in [0.1, 0.15) is 0 Å². The molecule has 0 unspecified atom stereocenters. The summed E-state index contributed by atoms with van der Waals surface area (Å²) in [5.41, 5.74) is 8.08. The maximum atomic E-state index is 5.93. The van der Waals surface area contributed by atoms with Crippen LogP contribution in [0.1, 0.15) is 5.56 Å². The first kappa shape index (κ1) is 9.73. The molecule has 1 heterocycles. The van der Waals surface area contributed by atoms with Gasteiger partial charge >= 0.3 is 0 Å². The molecule has 0 aliphatic rings. The normalized spacial score (nSPS) is 10.9. The molecular weight excluding hydrogens is 361 g/mol. The Morgan fingerprint density at radius 3 is 3.00 bits per heavy atom. The van der Waals surface area contributed by atoms with E-state index in [2.05, 4.69) is 50.0 Å². The van der Waals surface area contributed by atoms with Crippen LogP contribution in [0.4, 0.5) is 5.69 Å². The Labute approximate surface area is 103 Å². The number of halogens is 2. The Morgan fingerprint density at radius 1 is 1.54 bits per heavy atom. The average molecular weight is 368 g/mol. The van der Waals surface area contributed by atoms with E-state index in [1.165, 1.54) is 19.2 Å². The predicted molar refractivity (Wildman–Crippen MR) is 71.6 cm³/mol. The number of nitrogens with two attached hydrogens (primary N) is 1. The number of hydrogen-bond donors (Lipinski definition) is 1. The molecular formula is C9H7BrINS. The highest BCUT2D eigenvalue weighted by Crippen LogP contribution is 2.33. The molecule has 0 atom stereocenters. The van der Waals surface area contributed by atoms with Crippen molar-refractivity contribution in [1.29, 1.82) is 0 Å². The maximum Gasteiger partial charge on any atom is 0.0499 e. The molecule has 0 spiro atoms. The van der Waals surface area contributed by atoms with Crippen molar-refractivity contribution in [2.75, 3.05) is 5.73 Å². The second kappa shape index (κ2) is 3.74. The molecule has 0 saturated carbocycles. The van der Waals surface area contributed by atoms with Crippen LogP contribution in [0.3, 0.4) is 0 Å². The summed E-state index contributed by atoms with van der Waals surface area (Å²) in [6.45, 7) is 0. The Morgan fingerprint density at radius 2 is 2.31 bits per heavy atom. The lowest BCUT2D eigenvalue weighted by Gasteiger charge is -2.04. The number of hydrogen-bond acceptors (Lipinski definition) is 2. The fourth-order valence-electron chi connectivity index (χ4n) is 1.28. The SMILES string of the molecule is Nc1cc(CBr)c(I)c2sccc12. The molecule has 0 fully saturated rings. The Balaban J connectivity index is 2.85. The first-order valence-electron chi connectivity index (χ1n) is 3.74. The van der Waals surface area contributed by atoms with E-state index in [4.69, 9.17) is 5.73 Å². The van der Waals surface area contributed by atoms with Gasteiger partial charge in [-0.05, 0) is 45.7 Å². The largest absolute Gasteiger partial charge is 0.398 e. The second-order valence-electron chi connectivity index (χ2n) is 2.74. The number of thiophene rings is 1. The molecule has 2 rings (SSSR count). The minimum atomic E-state index is 0.864. The van der Waals surface area contributed by atoms with Crippen molar-refractivity contribution in [3.63, 3.8) is 0 Å². The summed E-state index contributed by atoms with van der Waals surface area (Å²) in [5, 5.41) is 4.13. The van der Waals surface area contributed by atoms with Crippen LogP contribution in [-0.4, -0.2) is 0 Å². The second-order valence-corrected chi connectivity index (χ2v) is 5.29. The molecule has 1 aromatic carbocycles. The molecule has 0 radical (unpaired) electrons. The van der Waals surface area contributed by atoms with Crippen molar-refractivity contribution in [3.05, 3.63) is 26.6 Å². The van der Waals surface area contributed by atoms with E-state index < -0.39 is 0 Å². The Kier molecular flexibility index (Phi) is 2.80. The number of benzene rings is 1. The van der Waals surface area contributed by atoms with Crippen molar-refractivity contribution in [2.24, 2.45) is 0 Å². The zero-order valence-electron chi connectivity index (χ0n) is 6.68. The van der Waals surface area contributed by atoms with Crippen LogP contribution < -0.4 is 5.73 Å². The van der Waals surface area contributed by atoms with E-state index in [9.17, 15) is 0 Å². The smallest absolute Gasteiger partial charge is 0.0499 e. The monoisotopic (exact) mass is 367 g/mol. The number of alkyl halides is 1. The fourth-order valence-corrected chi connectivity index (χ4v) is 4.15. The Bertz CT molecular complexity index is 452. The van der Waals surface area contributed by atoms with E-state index in [-0.39, 0.29) is 0 Å². The topological polar surface area (TPSA) is 26.0 Å². The van der Waals surface area contributed by atoms with Gasteiger partial charge in [-0.2, -0.15) is 0 Å². The van der Waals surface area contributed by atoms with Gasteiger partial charge in [0.2, 0.25) is 0 Å². The maximum absolute atomic E-state index is 5.93.